The van der Waals surface area contributed by atoms with E-state index in [4.69, 9.17) is 11.6 Å². The molecule has 0 bridgehead atoms. The second kappa shape index (κ2) is 7.05. The van der Waals surface area contributed by atoms with Crippen LogP contribution in [0.15, 0.2) is 48.5 Å². The molecule has 1 atom stereocenters. The third-order valence-corrected chi connectivity index (χ3v) is 8.27. The summed E-state index contributed by atoms with van der Waals surface area (Å²) >= 11 is 6.13. The minimum Gasteiger partial charge on any atom is -0.480 e. The van der Waals surface area contributed by atoms with Gasteiger partial charge in [-0.05, 0) is 78.7 Å². The molecule has 5 rings (SSSR count). The van der Waals surface area contributed by atoms with E-state index in [1.165, 1.54) is 36.8 Å². The predicted octanol–water partition coefficient (Wildman–Crippen LogP) is 6.06. The Hall–Kier alpha value is -2.00. The molecule has 0 radical (unpaired) electrons. The summed E-state index contributed by atoms with van der Waals surface area (Å²) in [5.41, 5.74) is 3.01. The van der Waals surface area contributed by atoms with Crippen molar-refractivity contribution in [3.05, 3.63) is 64.7 Å². The molecule has 0 heterocycles. The van der Waals surface area contributed by atoms with Gasteiger partial charge < -0.3 is 10.4 Å². The van der Waals surface area contributed by atoms with Gasteiger partial charge in [-0.1, -0.05) is 61.2 Å². The van der Waals surface area contributed by atoms with E-state index < -0.39 is 11.5 Å². The SMILES string of the molecule is O=C(O)C1(Nc2cccc(Cl)c2)CCC2(CC1)c1ccccc1C[C@@H]2C1CCC1. The topological polar surface area (TPSA) is 49.3 Å². The Kier molecular flexibility index (Phi) is 4.62. The van der Waals surface area contributed by atoms with E-state index in [0.29, 0.717) is 23.8 Å². The molecule has 3 aliphatic rings. The first-order chi connectivity index (χ1) is 14.0. The maximum atomic E-state index is 12.4. The lowest BCUT2D eigenvalue weighted by Crippen LogP contribution is -2.54. The molecule has 3 aliphatic carbocycles. The van der Waals surface area contributed by atoms with Crippen LogP contribution in [0, 0.1) is 11.8 Å². The summed E-state index contributed by atoms with van der Waals surface area (Å²) in [5, 5.41) is 14.2. The molecule has 0 amide bonds. The van der Waals surface area contributed by atoms with Crippen LogP contribution in [0.1, 0.15) is 56.1 Å². The third kappa shape index (κ3) is 3.06. The van der Waals surface area contributed by atoms with Crippen LogP contribution >= 0.6 is 11.6 Å². The predicted molar refractivity (Wildman–Crippen MR) is 117 cm³/mol. The van der Waals surface area contributed by atoms with E-state index in [-0.39, 0.29) is 5.41 Å². The molecule has 4 heteroatoms. The van der Waals surface area contributed by atoms with Gasteiger partial charge in [-0.2, -0.15) is 0 Å². The Morgan fingerprint density at radius 3 is 2.45 bits per heavy atom. The molecule has 2 aromatic carbocycles. The van der Waals surface area contributed by atoms with Gasteiger partial charge in [0.05, 0.1) is 0 Å². The smallest absolute Gasteiger partial charge is 0.329 e. The summed E-state index contributed by atoms with van der Waals surface area (Å²) in [6.45, 7) is 0. The van der Waals surface area contributed by atoms with E-state index in [2.05, 4.69) is 29.6 Å². The second-order valence-electron chi connectivity index (χ2n) is 9.34. The van der Waals surface area contributed by atoms with Crippen LogP contribution < -0.4 is 5.32 Å². The van der Waals surface area contributed by atoms with Crippen molar-refractivity contribution in [3.8, 4) is 0 Å². The zero-order chi connectivity index (χ0) is 20.1. The largest absolute Gasteiger partial charge is 0.480 e. The van der Waals surface area contributed by atoms with Crippen molar-refractivity contribution in [2.24, 2.45) is 11.8 Å². The molecule has 2 saturated carbocycles. The lowest BCUT2D eigenvalue weighted by Gasteiger charge is -2.50. The van der Waals surface area contributed by atoms with E-state index in [0.717, 1.165) is 24.4 Å². The highest BCUT2D eigenvalue weighted by Gasteiger charge is 2.55. The van der Waals surface area contributed by atoms with Gasteiger partial charge in [0, 0.05) is 10.7 Å². The Bertz CT molecular complexity index is 928. The van der Waals surface area contributed by atoms with E-state index in [1.807, 2.05) is 24.3 Å². The van der Waals surface area contributed by atoms with Gasteiger partial charge in [-0.15, -0.1) is 0 Å². The fourth-order valence-corrected chi connectivity index (χ4v) is 6.46. The number of carboxylic acid groups (broad SMARTS) is 1. The first-order valence-electron chi connectivity index (χ1n) is 10.9. The van der Waals surface area contributed by atoms with Crippen molar-refractivity contribution < 1.29 is 9.90 Å². The fraction of sp³-hybridized carbons (Fsp3) is 0.480. The highest BCUT2D eigenvalue weighted by atomic mass is 35.5. The maximum Gasteiger partial charge on any atom is 0.329 e. The van der Waals surface area contributed by atoms with Crippen molar-refractivity contribution >= 4 is 23.3 Å². The van der Waals surface area contributed by atoms with Crippen LogP contribution in [0.25, 0.3) is 0 Å². The summed E-state index contributed by atoms with van der Waals surface area (Å²) in [6, 6.07) is 16.3. The number of nitrogens with one attached hydrogen (secondary N) is 1. The molecule has 29 heavy (non-hydrogen) atoms. The van der Waals surface area contributed by atoms with Gasteiger partial charge in [-0.25, -0.2) is 4.79 Å². The van der Waals surface area contributed by atoms with Gasteiger partial charge in [0.15, 0.2) is 0 Å². The molecule has 2 N–H and O–H groups in total. The number of carboxylic acids is 1. The first kappa shape index (κ1) is 19.0. The van der Waals surface area contributed by atoms with Gasteiger partial charge in [0.2, 0.25) is 0 Å². The number of hydrogen-bond acceptors (Lipinski definition) is 2. The minimum atomic E-state index is -0.919. The lowest BCUT2D eigenvalue weighted by atomic mass is 9.56. The molecule has 0 aliphatic heterocycles. The molecule has 1 spiro atoms. The highest BCUT2D eigenvalue weighted by Crippen LogP contribution is 2.59. The van der Waals surface area contributed by atoms with Crippen LogP contribution in [0.4, 0.5) is 5.69 Å². The molecule has 0 saturated heterocycles. The van der Waals surface area contributed by atoms with Crippen molar-refractivity contribution in [1.29, 1.82) is 0 Å². The van der Waals surface area contributed by atoms with E-state index in [9.17, 15) is 9.90 Å². The highest BCUT2D eigenvalue weighted by molar-refractivity contribution is 6.30. The number of anilines is 1. The van der Waals surface area contributed by atoms with Crippen LogP contribution in [0.5, 0.6) is 0 Å². The van der Waals surface area contributed by atoms with Gasteiger partial charge in [0.1, 0.15) is 5.54 Å². The van der Waals surface area contributed by atoms with Crippen molar-refractivity contribution in [2.45, 2.75) is 62.3 Å². The minimum absolute atomic E-state index is 0.149. The average molecular weight is 410 g/mol. The number of aliphatic carboxylic acids is 1. The fourth-order valence-electron chi connectivity index (χ4n) is 6.27. The van der Waals surface area contributed by atoms with Crippen LogP contribution in [-0.4, -0.2) is 16.6 Å². The number of carbonyl (C=O) groups is 1. The Morgan fingerprint density at radius 2 is 1.79 bits per heavy atom. The van der Waals surface area contributed by atoms with Gasteiger partial charge in [-0.3, -0.25) is 0 Å². The Labute approximate surface area is 177 Å². The normalized spacial score (nSPS) is 31.3. The zero-order valence-electron chi connectivity index (χ0n) is 16.7. The quantitative estimate of drug-likeness (QED) is 0.645. The molecular formula is C25H28ClNO2. The number of halogens is 1. The van der Waals surface area contributed by atoms with Gasteiger partial charge in [0.25, 0.3) is 0 Å². The summed E-state index contributed by atoms with van der Waals surface area (Å²) < 4.78 is 0. The Balaban J connectivity index is 1.45. The zero-order valence-corrected chi connectivity index (χ0v) is 17.4. The number of fused-ring (bicyclic) bond motifs is 2. The number of hydrogen-bond donors (Lipinski definition) is 2. The van der Waals surface area contributed by atoms with Crippen molar-refractivity contribution in [2.75, 3.05) is 5.32 Å². The molecule has 2 aromatic rings. The van der Waals surface area contributed by atoms with Crippen LogP contribution in [0.2, 0.25) is 5.02 Å². The summed E-state index contributed by atoms with van der Waals surface area (Å²) in [4.78, 5) is 12.4. The van der Waals surface area contributed by atoms with Crippen molar-refractivity contribution in [1.82, 2.24) is 0 Å². The van der Waals surface area contributed by atoms with Gasteiger partial charge >= 0.3 is 5.97 Å². The summed E-state index contributed by atoms with van der Waals surface area (Å²) in [6.07, 6.45) is 8.36. The first-order valence-corrected chi connectivity index (χ1v) is 11.3. The standard InChI is InChI=1S/C25H28ClNO2/c26-19-8-4-9-20(16-19)27-25(23(28)29)13-11-24(12-14-25)21-10-2-1-5-18(21)15-22(24)17-6-3-7-17/h1-2,4-5,8-10,16-17,22,27H,3,6-7,11-15H2,(H,28,29)/t22-,24?,25?/m1/s1. The molecule has 2 fully saturated rings. The van der Waals surface area contributed by atoms with Crippen molar-refractivity contribution in [3.63, 3.8) is 0 Å². The monoisotopic (exact) mass is 409 g/mol. The number of benzene rings is 2. The second-order valence-corrected chi connectivity index (χ2v) is 9.77. The summed E-state index contributed by atoms with van der Waals surface area (Å²) in [7, 11) is 0. The molecule has 0 aromatic heterocycles. The van der Waals surface area contributed by atoms with E-state index in [1.54, 1.807) is 0 Å². The van der Waals surface area contributed by atoms with Crippen LogP contribution in [-0.2, 0) is 16.6 Å². The van der Waals surface area contributed by atoms with E-state index >= 15 is 0 Å². The maximum absolute atomic E-state index is 12.4. The molecule has 3 nitrogen and oxygen atoms in total. The molecular weight excluding hydrogens is 382 g/mol. The molecule has 0 unspecified atom stereocenters. The average Bonchev–Trinajstić information content (AvgIpc) is 2.96. The lowest BCUT2D eigenvalue weighted by molar-refractivity contribution is -0.144. The Morgan fingerprint density at radius 1 is 1.03 bits per heavy atom. The summed E-state index contributed by atoms with van der Waals surface area (Å²) in [5.74, 6) is 0.728. The van der Waals surface area contributed by atoms with Crippen LogP contribution in [0.3, 0.4) is 0 Å². The third-order valence-electron chi connectivity index (χ3n) is 8.04. The molecule has 152 valence electrons. The number of rotatable bonds is 4.